The van der Waals surface area contributed by atoms with Gasteiger partial charge in [0.05, 0.1) is 7.11 Å². The molecule has 0 saturated heterocycles. The van der Waals surface area contributed by atoms with E-state index >= 15 is 0 Å². The molecular formula is C23H21ClN4O2S. The third-order valence-electron chi connectivity index (χ3n) is 5.59. The molecule has 5 rings (SSSR count). The fourth-order valence-electron chi connectivity index (χ4n) is 4.05. The summed E-state index contributed by atoms with van der Waals surface area (Å²) >= 11 is 7.82. The summed E-state index contributed by atoms with van der Waals surface area (Å²) in [7, 11) is 1.64. The molecule has 6 nitrogen and oxygen atoms in total. The largest absolute Gasteiger partial charge is 0.497 e. The van der Waals surface area contributed by atoms with Crippen LogP contribution in [0, 0.1) is 0 Å². The minimum atomic E-state index is -0.299. The fraction of sp³-hybridized carbons (Fsp3) is 0.261. The van der Waals surface area contributed by atoms with Gasteiger partial charge in [-0.1, -0.05) is 53.7 Å². The number of nitrogens with one attached hydrogen (secondary N) is 1. The van der Waals surface area contributed by atoms with Crippen LogP contribution in [0.15, 0.2) is 65.0 Å². The van der Waals surface area contributed by atoms with Crippen molar-refractivity contribution in [2.45, 2.75) is 36.2 Å². The zero-order valence-electron chi connectivity index (χ0n) is 17.0. The molecule has 0 fully saturated rings. The van der Waals surface area contributed by atoms with E-state index in [0.29, 0.717) is 23.3 Å². The van der Waals surface area contributed by atoms with Gasteiger partial charge in [0.15, 0.2) is 5.78 Å². The number of ketones is 1. The molecule has 1 atom stereocenters. The number of halogens is 1. The number of rotatable bonds is 5. The lowest BCUT2D eigenvalue weighted by atomic mass is 9.85. The zero-order valence-corrected chi connectivity index (χ0v) is 18.5. The summed E-state index contributed by atoms with van der Waals surface area (Å²) in [5.41, 5.74) is 3.77. The summed E-state index contributed by atoms with van der Waals surface area (Å²) < 4.78 is 7.13. The SMILES string of the molecule is COc1ccc([C@@H]2C3=C(CCCC3=O)Nc3nc(SCc4ccccc4Cl)nn32)cc1. The quantitative estimate of drug-likeness (QED) is 0.533. The van der Waals surface area contributed by atoms with Gasteiger partial charge in [-0.05, 0) is 42.2 Å². The number of carbonyl (C=O) groups is 1. The van der Waals surface area contributed by atoms with Crippen molar-refractivity contribution < 1.29 is 9.53 Å². The third-order valence-corrected chi connectivity index (χ3v) is 6.85. The van der Waals surface area contributed by atoms with Crippen molar-refractivity contribution in [1.82, 2.24) is 14.8 Å². The number of aromatic nitrogens is 3. The molecule has 0 spiro atoms. The molecular weight excluding hydrogens is 432 g/mol. The standard InChI is InChI=1S/C23H21ClN4O2S/c1-30-16-11-9-14(10-12-16)21-20-18(7-4-8-19(20)29)25-22-26-23(27-28(21)22)31-13-15-5-2-3-6-17(15)24/h2-3,5-6,9-12,21H,4,7-8,13H2,1H3,(H,25,26,27)/t21-/m1/s1. The van der Waals surface area contributed by atoms with Gasteiger partial charge in [0.1, 0.15) is 11.8 Å². The van der Waals surface area contributed by atoms with E-state index in [1.165, 1.54) is 11.8 Å². The normalized spacial score (nSPS) is 17.7. The molecule has 8 heteroatoms. The van der Waals surface area contributed by atoms with E-state index in [4.69, 9.17) is 26.4 Å². The van der Waals surface area contributed by atoms with E-state index in [9.17, 15) is 4.79 Å². The number of methoxy groups -OCH3 is 1. The maximum atomic E-state index is 12.9. The maximum Gasteiger partial charge on any atom is 0.227 e. The lowest BCUT2D eigenvalue weighted by Crippen LogP contribution is -2.31. The van der Waals surface area contributed by atoms with Crippen LogP contribution in [0.3, 0.4) is 0 Å². The number of fused-ring (bicyclic) bond motifs is 1. The molecule has 0 radical (unpaired) electrons. The van der Waals surface area contributed by atoms with Crippen LogP contribution in [0.2, 0.25) is 5.02 Å². The van der Waals surface area contributed by atoms with Crippen LogP contribution < -0.4 is 10.1 Å². The monoisotopic (exact) mass is 452 g/mol. The van der Waals surface area contributed by atoms with E-state index in [0.717, 1.165) is 46.0 Å². The molecule has 2 heterocycles. The number of carbonyl (C=O) groups excluding carboxylic acids is 1. The highest BCUT2D eigenvalue weighted by Gasteiger charge is 2.36. The fourth-order valence-corrected chi connectivity index (χ4v) is 5.16. The van der Waals surface area contributed by atoms with E-state index < -0.39 is 0 Å². The first-order valence-corrected chi connectivity index (χ1v) is 11.5. The Morgan fingerprint density at radius 3 is 2.77 bits per heavy atom. The number of hydrogen-bond donors (Lipinski definition) is 1. The number of Topliss-reactive ketones (excluding diaryl/α,β-unsaturated/α-hetero) is 1. The average Bonchev–Trinajstić information content (AvgIpc) is 3.20. The van der Waals surface area contributed by atoms with Crippen molar-refractivity contribution in [2.24, 2.45) is 0 Å². The average molecular weight is 453 g/mol. The van der Waals surface area contributed by atoms with Crippen molar-refractivity contribution in [2.75, 3.05) is 12.4 Å². The molecule has 1 aliphatic heterocycles. The Balaban J connectivity index is 1.50. The minimum absolute atomic E-state index is 0.168. The molecule has 1 N–H and O–H groups in total. The van der Waals surface area contributed by atoms with Crippen molar-refractivity contribution in [3.8, 4) is 5.75 Å². The summed E-state index contributed by atoms with van der Waals surface area (Å²) in [4.78, 5) is 17.6. The van der Waals surface area contributed by atoms with Crippen LogP contribution in [0.4, 0.5) is 5.95 Å². The number of hydrogen-bond acceptors (Lipinski definition) is 6. The number of nitrogens with zero attached hydrogens (tertiary/aromatic N) is 3. The molecule has 0 saturated carbocycles. The third kappa shape index (κ3) is 3.83. The van der Waals surface area contributed by atoms with E-state index in [-0.39, 0.29) is 11.8 Å². The molecule has 1 aromatic heterocycles. The smallest absolute Gasteiger partial charge is 0.227 e. The van der Waals surface area contributed by atoms with Crippen molar-refractivity contribution in [1.29, 1.82) is 0 Å². The Morgan fingerprint density at radius 1 is 1.19 bits per heavy atom. The Labute approximate surface area is 189 Å². The first-order chi connectivity index (χ1) is 15.1. The van der Waals surface area contributed by atoms with Gasteiger partial charge < -0.3 is 10.1 Å². The number of benzene rings is 2. The Morgan fingerprint density at radius 2 is 2.00 bits per heavy atom. The molecule has 0 amide bonds. The predicted octanol–water partition coefficient (Wildman–Crippen LogP) is 5.25. The second-order valence-corrected chi connectivity index (χ2v) is 8.86. The van der Waals surface area contributed by atoms with E-state index in [2.05, 4.69) is 5.32 Å². The summed E-state index contributed by atoms with van der Waals surface area (Å²) in [6.07, 6.45) is 2.25. The van der Waals surface area contributed by atoms with Crippen LogP contribution in [-0.2, 0) is 10.5 Å². The van der Waals surface area contributed by atoms with Gasteiger partial charge >= 0.3 is 0 Å². The second-order valence-electron chi connectivity index (χ2n) is 7.51. The van der Waals surface area contributed by atoms with Gasteiger partial charge in [-0.15, -0.1) is 5.10 Å². The van der Waals surface area contributed by atoms with Crippen LogP contribution >= 0.6 is 23.4 Å². The Bertz CT molecular complexity index is 1170. The van der Waals surface area contributed by atoms with Crippen LogP contribution in [0.1, 0.15) is 36.4 Å². The summed E-state index contributed by atoms with van der Waals surface area (Å²) in [5, 5.41) is 9.51. The Hall–Kier alpha value is -2.77. The highest BCUT2D eigenvalue weighted by Crippen LogP contribution is 2.41. The lowest BCUT2D eigenvalue weighted by molar-refractivity contribution is -0.116. The Kier molecular flexibility index (Phi) is 5.46. The molecule has 31 heavy (non-hydrogen) atoms. The van der Waals surface area contributed by atoms with Crippen LogP contribution in [-0.4, -0.2) is 27.7 Å². The molecule has 2 aliphatic rings. The van der Waals surface area contributed by atoms with Gasteiger partial charge in [-0.3, -0.25) is 4.79 Å². The lowest BCUT2D eigenvalue weighted by Gasteiger charge is -2.32. The number of ether oxygens (including phenoxy) is 1. The molecule has 0 unspecified atom stereocenters. The van der Waals surface area contributed by atoms with Gasteiger partial charge in [0.25, 0.3) is 0 Å². The first kappa shape index (κ1) is 20.2. The second kappa shape index (κ2) is 8.40. The first-order valence-electron chi connectivity index (χ1n) is 10.1. The van der Waals surface area contributed by atoms with Crippen molar-refractivity contribution in [3.05, 3.63) is 76.0 Å². The summed E-state index contributed by atoms with van der Waals surface area (Å²) in [5.74, 6) is 2.27. The molecule has 3 aromatic rings. The van der Waals surface area contributed by atoms with Gasteiger partial charge in [0.2, 0.25) is 11.1 Å². The number of thioether (sulfide) groups is 1. The zero-order chi connectivity index (χ0) is 21.4. The summed E-state index contributed by atoms with van der Waals surface area (Å²) in [6, 6.07) is 15.3. The highest BCUT2D eigenvalue weighted by molar-refractivity contribution is 7.98. The van der Waals surface area contributed by atoms with E-state index in [1.54, 1.807) is 7.11 Å². The molecule has 0 bridgehead atoms. The van der Waals surface area contributed by atoms with Crippen molar-refractivity contribution >= 4 is 35.1 Å². The van der Waals surface area contributed by atoms with Gasteiger partial charge in [0, 0.05) is 28.5 Å². The van der Waals surface area contributed by atoms with Crippen LogP contribution in [0.5, 0.6) is 5.75 Å². The molecule has 1 aliphatic carbocycles. The van der Waals surface area contributed by atoms with Gasteiger partial charge in [-0.2, -0.15) is 4.98 Å². The highest BCUT2D eigenvalue weighted by atomic mass is 35.5. The maximum absolute atomic E-state index is 12.9. The summed E-state index contributed by atoms with van der Waals surface area (Å²) in [6.45, 7) is 0. The van der Waals surface area contributed by atoms with Crippen molar-refractivity contribution in [3.63, 3.8) is 0 Å². The van der Waals surface area contributed by atoms with E-state index in [1.807, 2.05) is 53.2 Å². The van der Waals surface area contributed by atoms with Gasteiger partial charge in [-0.25, -0.2) is 4.68 Å². The predicted molar refractivity (Wildman–Crippen MR) is 122 cm³/mol. The minimum Gasteiger partial charge on any atom is -0.497 e. The van der Waals surface area contributed by atoms with Crippen LogP contribution in [0.25, 0.3) is 0 Å². The topological polar surface area (TPSA) is 69.0 Å². The molecule has 2 aromatic carbocycles. The number of anilines is 1. The number of allylic oxidation sites excluding steroid dienone is 2. The molecule has 158 valence electrons.